The topological polar surface area (TPSA) is 343 Å². The van der Waals surface area contributed by atoms with Gasteiger partial charge < -0.3 is 79.6 Å². The molecule has 8 amide bonds. The molecule has 28 heteroatoms. The van der Waals surface area contributed by atoms with Crippen molar-refractivity contribution < 1.29 is 48.3 Å². The fraction of sp³-hybridized carbons (Fsp3) is 0.261. The molecule has 0 saturated heterocycles. The number of hydrogen-bond donors (Lipinski definition) is 9. The van der Waals surface area contributed by atoms with E-state index in [0.717, 1.165) is 0 Å². The molecule has 0 bridgehead atoms. The Hall–Kier alpha value is -10.0. The van der Waals surface area contributed by atoms with Crippen molar-refractivity contribution in [1.29, 1.82) is 0 Å². The van der Waals surface area contributed by atoms with Crippen molar-refractivity contribution in [3.05, 3.63) is 114 Å². The number of imidazole rings is 3. The molecule has 7 aromatic heterocycles. The van der Waals surface area contributed by atoms with E-state index in [1.807, 2.05) is 0 Å². The van der Waals surface area contributed by atoms with Gasteiger partial charge in [0.2, 0.25) is 23.5 Å². The molecule has 74 heavy (non-hydrogen) atoms. The number of carbonyl (C=O) groups is 9. The van der Waals surface area contributed by atoms with Gasteiger partial charge in [-0.1, -0.05) is 0 Å². The molecule has 0 atom stereocenters. The molecule has 0 aliphatic rings. The molecule has 0 unspecified atom stereocenters. The van der Waals surface area contributed by atoms with Crippen molar-refractivity contribution in [1.82, 2.24) is 57.6 Å². The van der Waals surface area contributed by atoms with Crippen molar-refractivity contribution in [3.63, 3.8) is 0 Å². The molecular formula is C46H52N18O10. The Balaban J connectivity index is 0.810. The summed E-state index contributed by atoms with van der Waals surface area (Å²) in [5, 5.41) is 30.6. The van der Waals surface area contributed by atoms with Crippen LogP contribution in [0.2, 0.25) is 0 Å². The molecule has 0 aliphatic carbocycles. The maximum atomic E-state index is 13.3. The number of carboxylic acids is 1. The van der Waals surface area contributed by atoms with E-state index in [4.69, 9.17) is 0 Å². The maximum absolute atomic E-state index is 13.3. The van der Waals surface area contributed by atoms with Crippen LogP contribution in [0, 0.1) is 0 Å². The number of carbonyl (C=O) groups excluding carboxylic acids is 8. The summed E-state index contributed by atoms with van der Waals surface area (Å²) in [6, 6.07) is 5.71. The van der Waals surface area contributed by atoms with Crippen LogP contribution in [0.4, 0.5) is 34.4 Å². The van der Waals surface area contributed by atoms with E-state index in [1.165, 1.54) is 95.9 Å². The predicted octanol–water partition coefficient (Wildman–Crippen LogP) is 1.86. The van der Waals surface area contributed by atoms with E-state index < -0.39 is 47.3 Å². The van der Waals surface area contributed by atoms with Crippen molar-refractivity contribution in [2.75, 3.05) is 45.0 Å². The summed E-state index contributed by atoms with van der Waals surface area (Å²) in [6.45, 7) is 0.0996. The Labute approximate surface area is 420 Å². The third-order valence-corrected chi connectivity index (χ3v) is 11.2. The second-order valence-electron chi connectivity index (χ2n) is 17.0. The average molecular weight is 1020 g/mol. The summed E-state index contributed by atoms with van der Waals surface area (Å²) in [5.74, 6) is -4.91. The van der Waals surface area contributed by atoms with Crippen LogP contribution in [0.15, 0.2) is 73.8 Å². The highest BCUT2D eigenvalue weighted by molar-refractivity contribution is 6.08. The van der Waals surface area contributed by atoms with Crippen LogP contribution in [0.3, 0.4) is 0 Å². The highest BCUT2D eigenvalue weighted by Crippen LogP contribution is 2.21. The number of nitrogens with zero attached hydrogens (tertiary/aromatic N) is 10. The van der Waals surface area contributed by atoms with Crippen molar-refractivity contribution >= 4 is 87.6 Å². The number of carboxylic acid groups (broad SMARTS) is 1. The van der Waals surface area contributed by atoms with Gasteiger partial charge in [0, 0.05) is 125 Å². The molecule has 0 spiro atoms. The minimum atomic E-state index is -1.15. The zero-order chi connectivity index (χ0) is 53.5. The van der Waals surface area contributed by atoms with Gasteiger partial charge in [0.15, 0.2) is 17.5 Å². The molecule has 0 fully saturated rings. The predicted molar refractivity (Wildman–Crippen MR) is 266 cm³/mol. The van der Waals surface area contributed by atoms with E-state index in [0.29, 0.717) is 11.4 Å². The zero-order valence-electron chi connectivity index (χ0n) is 41.1. The third-order valence-electron chi connectivity index (χ3n) is 11.2. The SMILES string of the molecule is Cn1cc(NC(=O)c2cc(NC(=O)c3nc(NC(=O)c4cc(NC(=O)CCCNC(=O)c5nc(NC(=O)CCNC(=O)c6cc(NC(=O)c7nccn7C)cn6C)cn5C)cn4C)cn3C)cn2C)cc1C(=O)O. The Morgan fingerprint density at radius 1 is 0.432 bits per heavy atom. The summed E-state index contributed by atoms with van der Waals surface area (Å²) in [6.07, 6.45) is 12.3. The van der Waals surface area contributed by atoms with Crippen LogP contribution in [0.25, 0.3) is 0 Å². The number of anilines is 6. The maximum Gasteiger partial charge on any atom is 0.352 e. The van der Waals surface area contributed by atoms with E-state index in [2.05, 4.69) is 57.5 Å². The first-order valence-corrected chi connectivity index (χ1v) is 22.5. The molecule has 0 aliphatic heterocycles. The number of amides is 8. The minimum absolute atomic E-state index is 0.00256. The molecule has 0 saturated carbocycles. The van der Waals surface area contributed by atoms with Crippen molar-refractivity contribution in [3.8, 4) is 0 Å². The zero-order valence-corrected chi connectivity index (χ0v) is 41.1. The molecule has 28 nitrogen and oxygen atoms in total. The molecule has 7 heterocycles. The molecule has 0 radical (unpaired) electrons. The van der Waals surface area contributed by atoms with Gasteiger partial charge in [0.25, 0.3) is 35.4 Å². The van der Waals surface area contributed by atoms with Crippen LogP contribution in [0.1, 0.15) is 93.1 Å². The monoisotopic (exact) mass is 1020 g/mol. The van der Waals surface area contributed by atoms with Gasteiger partial charge in [-0.15, -0.1) is 0 Å². The van der Waals surface area contributed by atoms with E-state index >= 15 is 0 Å². The smallest absolute Gasteiger partial charge is 0.352 e. The number of rotatable bonds is 20. The number of hydrogen-bond acceptors (Lipinski definition) is 12. The Kier molecular flexibility index (Phi) is 15.4. The van der Waals surface area contributed by atoms with Crippen molar-refractivity contribution in [2.45, 2.75) is 19.3 Å². The normalized spacial score (nSPS) is 10.9. The molecule has 386 valence electrons. The van der Waals surface area contributed by atoms with Gasteiger partial charge in [-0.2, -0.15) is 0 Å². The van der Waals surface area contributed by atoms with Gasteiger partial charge >= 0.3 is 5.97 Å². The lowest BCUT2D eigenvalue weighted by Gasteiger charge is -2.06. The Bertz CT molecular complexity index is 3360. The van der Waals surface area contributed by atoms with Gasteiger partial charge in [-0.05, 0) is 30.7 Å². The molecule has 9 N–H and O–H groups in total. The third kappa shape index (κ3) is 12.3. The Morgan fingerprint density at radius 2 is 0.865 bits per heavy atom. The minimum Gasteiger partial charge on any atom is -0.477 e. The van der Waals surface area contributed by atoms with E-state index in [-0.39, 0.29) is 102 Å². The summed E-state index contributed by atoms with van der Waals surface area (Å²) >= 11 is 0. The van der Waals surface area contributed by atoms with E-state index in [1.54, 1.807) is 59.2 Å². The van der Waals surface area contributed by atoms with Crippen LogP contribution in [-0.2, 0) is 58.9 Å². The average Bonchev–Trinajstić information content (AvgIpc) is 4.21. The van der Waals surface area contributed by atoms with Crippen LogP contribution < -0.4 is 42.5 Å². The quantitative estimate of drug-likeness (QED) is 0.0493. The first-order valence-electron chi connectivity index (χ1n) is 22.5. The van der Waals surface area contributed by atoms with Crippen LogP contribution >= 0.6 is 0 Å². The highest BCUT2D eigenvalue weighted by atomic mass is 16.4. The van der Waals surface area contributed by atoms with Gasteiger partial charge in [0.05, 0.1) is 22.7 Å². The number of aromatic nitrogens is 10. The van der Waals surface area contributed by atoms with Gasteiger partial charge in [-0.3, -0.25) is 38.4 Å². The van der Waals surface area contributed by atoms with E-state index in [9.17, 15) is 48.3 Å². The molecule has 7 aromatic rings. The van der Waals surface area contributed by atoms with Gasteiger partial charge in [0.1, 0.15) is 22.8 Å². The second kappa shape index (κ2) is 22.0. The summed E-state index contributed by atoms with van der Waals surface area (Å²) in [4.78, 5) is 127. The summed E-state index contributed by atoms with van der Waals surface area (Å²) in [7, 11) is 11.2. The molecule has 0 aromatic carbocycles. The lowest BCUT2D eigenvalue weighted by molar-refractivity contribution is -0.117. The second-order valence-corrected chi connectivity index (χ2v) is 17.0. The van der Waals surface area contributed by atoms with Crippen LogP contribution in [0.5, 0.6) is 0 Å². The standard InChI is InChI=1S/C46H52N18O10/c1-58-14-13-47-37(58)44(71)52-26-16-29(59(2)20-26)40(67)49-12-10-36(66)54-33-23-63(6)38(55-33)43(70)48-11-8-9-35(65)50-25-15-31(60(3)19-25)42(69)57-34-24-64(7)39(56-34)45(72)53-27-17-30(61(4)21-27)41(68)51-28-18-32(46(73)74)62(5)22-28/h13-24H,8-12H2,1-7H3,(H,48,70)(H,49,67)(H,50,65)(H,51,68)(H,52,71)(H,53,72)(H,54,66)(H,57,69)(H,73,74). The van der Waals surface area contributed by atoms with Crippen molar-refractivity contribution in [2.24, 2.45) is 49.3 Å². The molecule has 7 rings (SSSR count). The fourth-order valence-electron chi connectivity index (χ4n) is 7.57. The molecular weight excluding hydrogens is 965 g/mol. The van der Waals surface area contributed by atoms with Crippen LogP contribution in [-0.4, -0.2) is 118 Å². The summed E-state index contributed by atoms with van der Waals surface area (Å²) < 4.78 is 10.3. The largest absolute Gasteiger partial charge is 0.477 e. The lowest BCUT2D eigenvalue weighted by Crippen LogP contribution is -2.29. The highest BCUT2D eigenvalue weighted by Gasteiger charge is 2.22. The lowest BCUT2D eigenvalue weighted by atomic mass is 10.3. The van der Waals surface area contributed by atoms with Gasteiger partial charge in [-0.25, -0.2) is 19.7 Å². The Morgan fingerprint density at radius 3 is 1.39 bits per heavy atom. The number of nitrogens with one attached hydrogen (secondary N) is 8. The first kappa shape index (κ1) is 51.8. The fourth-order valence-corrected chi connectivity index (χ4v) is 7.57. The number of aromatic carboxylic acids is 1. The number of aryl methyl sites for hydroxylation is 7. The first-order chi connectivity index (χ1) is 35.1. The summed E-state index contributed by atoms with van der Waals surface area (Å²) in [5.41, 5.74) is 1.83.